The molecule has 1 unspecified atom stereocenters. The van der Waals surface area contributed by atoms with E-state index in [0.29, 0.717) is 18.7 Å². The summed E-state index contributed by atoms with van der Waals surface area (Å²) >= 11 is 0. The standard InChI is InChI=1S/C26H28FN3O3/c1-17(2)28-26(32)20-15-23(29-22-9-5-3-7-19(20)22)18-11-13-30(16-18)25(31)12-14-33-24-10-6-4-8-21(24)27/h3-10,15,17-18H,11-14,16H2,1-2H3,(H,28,32). The van der Waals surface area contributed by atoms with E-state index in [2.05, 4.69) is 5.32 Å². The van der Waals surface area contributed by atoms with Gasteiger partial charge in [-0.05, 0) is 44.5 Å². The molecule has 1 aliphatic heterocycles. The van der Waals surface area contributed by atoms with Gasteiger partial charge in [0.2, 0.25) is 5.91 Å². The van der Waals surface area contributed by atoms with Gasteiger partial charge >= 0.3 is 0 Å². The fraction of sp³-hybridized carbons (Fsp3) is 0.346. The molecule has 2 aromatic carbocycles. The smallest absolute Gasteiger partial charge is 0.252 e. The molecule has 3 aromatic rings. The van der Waals surface area contributed by atoms with Crippen LogP contribution in [0.4, 0.5) is 4.39 Å². The molecule has 0 bridgehead atoms. The van der Waals surface area contributed by atoms with Crippen LogP contribution in [-0.4, -0.2) is 47.4 Å². The molecule has 1 N–H and O–H groups in total. The Morgan fingerprint density at radius 3 is 2.73 bits per heavy atom. The monoisotopic (exact) mass is 449 g/mol. The Kier molecular flexibility index (Phi) is 6.87. The summed E-state index contributed by atoms with van der Waals surface area (Å²) < 4.78 is 19.1. The van der Waals surface area contributed by atoms with E-state index in [-0.39, 0.29) is 42.6 Å². The zero-order chi connectivity index (χ0) is 23.4. The first kappa shape index (κ1) is 22.7. The molecule has 4 rings (SSSR count). The van der Waals surface area contributed by atoms with Crippen LogP contribution < -0.4 is 10.1 Å². The zero-order valence-corrected chi connectivity index (χ0v) is 18.9. The van der Waals surface area contributed by atoms with Crippen molar-refractivity contribution >= 4 is 22.7 Å². The lowest BCUT2D eigenvalue weighted by Crippen LogP contribution is -2.31. The van der Waals surface area contributed by atoms with Crippen molar-refractivity contribution in [1.82, 2.24) is 15.2 Å². The number of nitrogens with one attached hydrogen (secondary N) is 1. The number of hydrogen-bond donors (Lipinski definition) is 1. The Morgan fingerprint density at radius 1 is 1.18 bits per heavy atom. The summed E-state index contributed by atoms with van der Waals surface area (Å²) in [5.74, 6) is -0.395. The Hall–Kier alpha value is -3.48. The molecule has 172 valence electrons. The Bertz CT molecular complexity index is 1160. The molecule has 1 atom stereocenters. The molecular weight excluding hydrogens is 421 g/mol. The maximum atomic E-state index is 13.7. The predicted octanol–water partition coefficient (Wildman–Crippen LogP) is 4.30. The van der Waals surface area contributed by atoms with E-state index >= 15 is 0 Å². The van der Waals surface area contributed by atoms with E-state index in [1.807, 2.05) is 44.2 Å². The van der Waals surface area contributed by atoms with Crippen molar-refractivity contribution in [3.8, 4) is 5.75 Å². The summed E-state index contributed by atoms with van der Waals surface area (Å²) in [7, 11) is 0. The first-order valence-corrected chi connectivity index (χ1v) is 11.3. The lowest BCUT2D eigenvalue weighted by molar-refractivity contribution is -0.130. The van der Waals surface area contributed by atoms with Gasteiger partial charge in [-0.15, -0.1) is 0 Å². The molecule has 2 amide bonds. The number of halogens is 1. The van der Waals surface area contributed by atoms with E-state index in [1.54, 1.807) is 23.1 Å². The number of carbonyl (C=O) groups excluding carboxylic acids is 2. The normalized spacial score (nSPS) is 15.8. The van der Waals surface area contributed by atoms with Gasteiger partial charge in [0.15, 0.2) is 11.6 Å². The minimum atomic E-state index is -0.439. The summed E-state index contributed by atoms with van der Waals surface area (Å²) in [5, 5.41) is 3.78. The molecule has 6 nitrogen and oxygen atoms in total. The van der Waals surface area contributed by atoms with Crippen LogP contribution >= 0.6 is 0 Å². The van der Waals surface area contributed by atoms with Crippen molar-refractivity contribution in [3.05, 3.63) is 71.7 Å². The number of amides is 2. The van der Waals surface area contributed by atoms with Gasteiger partial charge in [0, 0.05) is 36.1 Å². The number of likely N-dealkylation sites (tertiary alicyclic amines) is 1. The van der Waals surface area contributed by atoms with E-state index in [4.69, 9.17) is 9.72 Å². The van der Waals surface area contributed by atoms with Crippen LogP contribution in [-0.2, 0) is 4.79 Å². The highest BCUT2D eigenvalue weighted by atomic mass is 19.1. The molecule has 0 spiro atoms. The SMILES string of the molecule is CC(C)NC(=O)c1cc(C2CCN(C(=O)CCOc3ccccc3F)C2)nc2ccccc12. The molecule has 1 aromatic heterocycles. The summed E-state index contributed by atoms with van der Waals surface area (Å²) in [6, 6.07) is 15.7. The van der Waals surface area contributed by atoms with Crippen LogP contribution in [0.3, 0.4) is 0 Å². The minimum Gasteiger partial charge on any atom is -0.490 e. The molecule has 1 fully saturated rings. The van der Waals surface area contributed by atoms with Gasteiger partial charge in [-0.3, -0.25) is 14.6 Å². The number of aromatic nitrogens is 1. The molecule has 0 radical (unpaired) electrons. The van der Waals surface area contributed by atoms with Crippen molar-refractivity contribution < 1.29 is 18.7 Å². The van der Waals surface area contributed by atoms with Crippen molar-refractivity contribution in [2.75, 3.05) is 19.7 Å². The van der Waals surface area contributed by atoms with Crippen molar-refractivity contribution in [2.24, 2.45) is 0 Å². The third-order valence-electron chi connectivity index (χ3n) is 5.77. The number of hydrogen-bond acceptors (Lipinski definition) is 4. The van der Waals surface area contributed by atoms with E-state index in [9.17, 15) is 14.0 Å². The molecule has 1 aliphatic rings. The third kappa shape index (κ3) is 5.30. The highest BCUT2D eigenvalue weighted by Gasteiger charge is 2.29. The molecule has 7 heteroatoms. The lowest BCUT2D eigenvalue weighted by atomic mass is 9.99. The van der Waals surface area contributed by atoms with Gasteiger partial charge in [-0.2, -0.15) is 0 Å². The number of carbonyl (C=O) groups is 2. The second kappa shape index (κ2) is 9.98. The number of pyridine rings is 1. The van der Waals surface area contributed by atoms with Crippen molar-refractivity contribution in [2.45, 2.75) is 38.6 Å². The summed E-state index contributed by atoms with van der Waals surface area (Å²) in [6.07, 6.45) is 0.949. The first-order valence-electron chi connectivity index (χ1n) is 11.3. The summed E-state index contributed by atoms with van der Waals surface area (Å²) in [4.78, 5) is 32.1. The van der Waals surface area contributed by atoms with Crippen LogP contribution in [0.25, 0.3) is 10.9 Å². The first-order chi connectivity index (χ1) is 15.9. The van der Waals surface area contributed by atoms with Gasteiger partial charge in [-0.25, -0.2) is 4.39 Å². The maximum absolute atomic E-state index is 13.7. The topological polar surface area (TPSA) is 71.5 Å². The average molecular weight is 450 g/mol. The Labute approximate surface area is 192 Å². The second-order valence-corrected chi connectivity index (χ2v) is 8.59. The lowest BCUT2D eigenvalue weighted by Gasteiger charge is -2.18. The van der Waals surface area contributed by atoms with Crippen LogP contribution in [0.5, 0.6) is 5.75 Å². The van der Waals surface area contributed by atoms with Gasteiger partial charge in [0.1, 0.15) is 0 Å². The molecule has 33 heavy (non-hydrogen) atoms. The quantitative estimate of drug-likeness (QED) is 0.584. The number of nitrogens with zero attached hydrogens (tertiary/aromatic N) is 2. The highest BCUT2D eigenvalue weighted by Crippen LogP contribution is 2.30. The molecular formula is C26H28FN3O3. The van der Waals surface area contributed by atoms with Crippen LogP contribution in [0.15, 0.2) is 54.6 Å². The van der Waals surface area contributed by atoms with Crippen molar-refractivity contribution in [3.63, 3.8) is 0 Å². The number of fused-ring (bicyclic) bond motifs is 1. The number of benzene rings is 2. The zero-order valence-electron chi connectivity index (χ0n) is 18.9. The Balaban J connectivity index is 1.44. The molecule has 1 saturated heterocycles. The molecule has 0 aliphatic carbocycles. The fourth-order valence-electron chi connectivity index (χ4n) is 4.13. The summed E-state index contributed by atoms with van der Waals surface area (Å²) in [5.41, 5.74) is 2.19. The van der Waals surface area contributed by atoms with Gasteiger partial charge < -0.3 is 15.0 Å². The number of ether oxygens (including phenoxy) is 1. The number of para-hydroxylation sites is 2. The molecule has 0 saturated carbocycles. The van der Waals surface area contributed by atoms with E-state index in [0.717, 1.165) is 23.0 Å². The second-order valence-electron chi connectivity index (χ2n) is 8.59. The van der Waals surface area contributed by atoms with Crippen LogP contribution in [0, 0.1) is 5.82 Å². The van der Waals surface area contributed by atoms with E-state index < -0.39 is 5.82 Å². The maximum Gasteiger partial charge on any atom is 0.252 e. The van der Waals surface area contributed by atoms with Crippen LogP contribution in [0.1, 0.15) is 48.7 Å². The minimum absolute atomic E-state index is 0.0269. The number of rotatable bonds is 7. The third-order valence-corrected chi connectivity index (χ3v) is 5.77. The largest absolute Gasteiger partial charge is 0.490 e. The predicted molar refractivity (Wildman–Crippen MR) is 125 cm³/mol. The van der Waals surface area contributed by atoms with E-state index in [1.165, 1.54) is 6.07 Å². The molecule has 2 heterocycles. The summed E-state index contributed by atoms with van der Waals surface area (Å²) in [6.45, 7) is 5.13. The van der Waals surface area contributed by atoms with Crippen molar-refractivity contribution in [1.29, 1.82) is 0 Å². The van der Waals surface area contributed by atoms with Gasteiger partial charge in [0.05, 0.1) is 24.1 Å². The van der Waals surface area contributed by atoms with Crippen LogP contribution in [0.2, 0.25) is 0 Å². The highest BCUT2D eigenvalue weighted by molar-refractivity contribution is 6.06. The van der Waals surface area contributed by atoms with Gasteiger partial charge in [0.25, 0.3) is 5.91 Å². The van der Waals surface area contributed by atoms with Gasteiger partial charge in [-0.1, -0.05) is 30.3 Å². The average Bonchev–Trinajstić information content (AvgIpc) is 3.29. The fourth-order valence-corrected chi connectivity index (χ4v) is 4.13. The Morgan fingerprint density at radius 2 is 1.94 bits per heavy atom.